The van der Waals surface area contributed by atoms with Crippen molar-refractivity contribution < 1.29 is 5.11 Å². The summed E-state index contributed by atoms with van der Waals surface area (Å²) in [5.41, 5.74) is 4.21. The Morgan fingerprint density at radius 1 is 1.20 bits per heavy atom. The molecule has 0 saturated carbocycles. The number of aromatic hydroxyl groups is 1. The van der Waals surface area contributed by atoms with Crippen molar-refractivity contribution in [3.8, 4) is 17.0 Å². The molecular weight excluding hydrogens is 250 g/mol. The largest absolute Gasteiger partial charge is 0.505 e. The van der Waals surface area contributed by atoms with E-state index in [1.54, 1.807) is 13.1 Å². The van der Waals surface area contributed by atoms with E-state index >= 15 is 0 Å². The average molecular weight is 271 g/mol. The maximum atomic E-state index is 10.2. The van der Waals surface area contributed by atoms with Crippen LogP contribution in [0.4, 0.5) is 0 Å². The number of nitrogens with two attached hydrogens (primary N) is 1. The van der Waals surface area contributed by atoms with Crippen LogP contribution in [0.3, 0.4) is 0 Å². The fourth-order valence-electron chi connectivity index (χ4n) is 2.12. The average Bonchev–Trinajstić information content (AvgIpc) is 2.79. The first kappa shape index (κ1) is 14.2. The zero-order valence-electron chi connectivity index (χ0n) is 12.4. The minimum Gasteiger partial charge on any atom is -0.505 e. The molecule has 0 aliphatic carbocycles. The third kappa shape index (κ3) is 2.54. The number of aromatic amines is 1. The number of aromatic nitrogens is 1. The number of rotatable bonds is 2. The first-order valence-electron chi connectivity index (χ1n) is 6.60. The van der Waals surface area contributed by atoms with E-state index in [2.05, 4.69) is 43.0 Å². The van der Waals surface area contributed by atoms with Crippen LogP contribution in [-0.4, -0.2) is 15.8 Å². The minimum atomic E-state index is 0.115. The highest BCUT2D eigenvalue weighted by Crippen LogP contribution is 2.33. The van der Waals surface area contributed by atoms with Gasteiger partial charge in [-0.15, -0.1) is 0 Å². The first-order valence-corrected chi connectivity index (χ1v) is 6.60. The van der Waals surface area contributed by atoms with Crippen LogP contribution in [0.15, 0.2) is 35.6 Å². The van der Waals surface area contributed by atoms with Crippen LogP contribution in [0.25, 0.3) is 11.3 Å². The van der Waals surface area contributed by atoms with Crippen LogP contribution >= 0.6 is 0 Å². The Balaban J connectivity index is 2.41. The van der Waals surface area contributed by atoms with Crippen molar-refractivity contribution in [2.45, 2.75) is 33.1 Å². The highest BCUT2D eigenvalue weighted by molar-refractivity contribution is 6.02. The first-order chi connectivity index (χ1) is 9.34. The van der Waals surface area contributed by atoms with E-state index in [-0.39, 0.29) is 11.2 Å². The standard InChI is InChI=1S/C16H21N3O/c1-10(19-17)13-9-18-14(15(13)20)11-5-7-12(8-6-11)16(2,3)4/h5-9,18,20H,17H2,1-4H3/b19-10+. The molecule has 0 spiro atoms. The van der Waals surface area contributed by atoms with Gasteiger partial charge in [-0.25, -0.2) is 0 Å². The van der Waals surface area contributed by atoms with Crippen LogP contribution < -0.4 is 5.84 Å². The van der Waals surface area contributed by atoms with Crippen molar-refractivity contribution in [1.29, 1.82) is 0 Å². The number of nitrogens with one attached hydrogen (secondary N) is 1. The molecule has 0 aliphatic heterocycles. The zero-order valence-corrected chi connectivity index (χ0v) is 12.4. The molecule has 4 N–H and O–H groups in total. The van der Waals surface area contributed by atoms with Gasteiger partial charge in [0.05, 0.1) is 17.0 Å². The summed E-state index contributed by atoms with van der Waals surface area (Å²) in [4.78, 5) is 3.08. The van der Waals surface area contributed by atoms with Crippen molar-refractivity contribution in [2.75, 3.05) is 0 Å². The normalized spacial score (nSPS) is 12.7. The van der Waals surface area contributed by atoms with Crippen LogP contribution in [0.5, 0.6) is 5.75 Å². The topological polar surface area (TPSA) is 74.4 Å². The maximum Gasteiger partial charge on any atom is 0.150 e. The lowest BCUT2D eigenvalue weighted by Crippen LogP contribution is -2.10. The second-order valence-corrected chi connectivity index (χ2v) is 5.97. The fraction of sp³-hybridized carbons (Fsp3) is 0.312. The van der Waals surface area contributed by atoms with Crippen molar-refractivity contribution in [2.24, 2.45) is 10.9 Å². The van der Waals surface area contributed by atoms with Crippen LogP contribution in [0.1, 0.15) is 38.8 Å². The molecule has 0 amide bonds. The molecule has 1 aromatic heterocycles. The molecule has 1 aromatic carbocycles. The van der Waals surface area contributed by atoms with Gasteiger partial charge in [0.2, 0.25) is 0 Å². The minimum absolute atomic E-state index is 0.115. The molecule has 4 heteroatoms. The van der Waals surface area contributed by atoms with Gasteiger partial charge in [-0.3, -0.25) is 0 Å². The molecule has 0 bridgehead atoms. The molecule has 4 nitrogen and oxygen atoms in total. The second kappa shape index (κ2) is 5.04. The van der Waals surface area contributed by atoms with E-state index in [9.17, 15) is 5.11 Å². The lowest BCUT2D eigenvalue weighted by Gasteiger charge is -2.19. The summed E-state index contributed by atoms with van der Waals surface area (Å²) >= 11 is 0. The molecule has 2 rings (SSSR count). The van der Waals surface area contributed by atoms with Crippen molar-refractivity contribution in [3.05, 3.63) is 41.6 Å². The Morgan fingerprint density at radius 3 is 2.30 bits per heavy atom. The molecule has 20 heavy (non-hydrogen) atoms. The van der Waals surface area contributed by atoms with E-state index in [1.165, 1.54) is 5.56 Å². The summed E-state index contributed by atoms with van der Waals surface area (Å²) in [5.74, 6) is 5.43. The third-order valence-corrected chi connectivity index (χ3v) is 3.48. The fourth-order valence-corrected chi connectivity index (χ4v) is 2.12. The summed E-state index contributed by atoms with van der Waals surface area (Å²) in [6.07, 6.45) is 1.72. The molecule has 106 valence electrons. The lowest BCUT2D eigenvalue weighted by molar-refractivity contribution is 0.477. The summed E-state index contributed by atoms with van der Waals surface area (Å²) < 4.78 is 0. The van der Waals surface area contributed by atoms with Gasteiger partial charge in [-0.1, -0.05) is 45.0 Å². The van der Waals surface area contributed by atoms with E-state index in [4.69, 9.17) is 5.84 Å². The van der Waals surface area contributed by atoms with E-state index in [1.807, 2.05) is 12.1 Å². The van der Waals surface area contributed by atoms with Gasteiger partial charge >= 0.3 is 0 Å². The monoisotopic (exact) mass is 271 g/mol. The van der Waals surface area contributed by atoms with Gasteiger partial charge in [-0.2, -0.15) is 5.10 Å². The van der Waals surface area contributed by atoms with Crippen molar-refractivity contribution in [1.82, 2.24) is 4.98 Å². The molecule has 0 radical (unpaired) electrons. The Kier molecular flexibility index (Phi) is 3.57. The molecule has 1 heterocycles. The van der Waals surface area contributed by atoms with E-state index in [0.717, 1.165) is 5.56 Å². The predicted octanol–water partition coefficient (Wildman–Crippen LogP) is 3.37. The van der Waals surface area contributed by atoms with Gasteiger partial charge in [0.1, 0.15) is 5.75 Å². The smallest absolute Gasteiger partial charge is 0.150 e. The number of nitrogens with zero attached hydrogens (tertiary/aromatic N) is 1. The predicted molar refractivity (Wildman–Crippen MR) is 83.0 cm³/mol. The van der Waals surface area contributed by atoms with Crippen LogP contribution in [-0.2, 0) is 5.41 Å². The van der Waals surface area contributed by atoms with Crippen LogP contribution in [0, 0.1) is 0 Å². The van der Waals surface area contributed by atoms with Gasteiger partial charge in [0.15, 0.2) is 0 Å². The lowest BCUT2D eigenvalue weighted by atomic mass is 9.86. The Hall–Kier alpha value is -2.23. The molecule has 0 saturated heterocycles. The Labute approximate surface area is 119 Å². The Morgan fingerprint density at radius 2 is 1.80 bits per heavy atom. The number of hydrogen-bond donors (Lipinski definition) is 3. The van der Waals surface area contributed by atoms with Gasteiger partial charge in [-0.05, 0) is 17.9 Å². The number of H-pyrrole nitrogens is 1. The summed E-state index contributed by atoms with van der Waals surface area (Å²) in [7, 11) is 0. The number of benzene rings is 1. The van der Waals surface area contributed by atoms with Gasteiger partial charge in [0, 0.05) is 11.8 Å². The Bertz CT molecular complexity index is 631. The quantitative estimate of drug-likeness (QED) is 0.445. The van der Waals surface area contributed by atoms with E-state index < -0.39 is 0 Å². The molecule has 0 fully saturated rings. The summed E-state index contributed by atoms with van der Waals surface area (Å²) in [5, 5.41) is 13.9. The molecular formula is C16H21N3O. The second-order valence-electron chi connectivity index (χ2n) is 5.97. The van der Waals surface area contributed by atoms with E-state index in [0.29, 0.717) is 17.0 Å². The number of hydrogen-bond acceptors (Lipinski definition) is 3. The van der Waals surface area contributed by atoms with Gasteiger partial charge in [0.25, 0.3) is 0 Å². The summed E-state index contributed by atoms with van der Waals surface area (Å²) in [6.45, 7) is 8.28. The summed E-state index contributed by atoms with van der Waals surface area (Å²) in [6, 6.07) is 8.17. The number of hydrazone groups is 1. The third-order valence-electron chi connectivity index (χ3n) is 3.48. The maximum absolute atomic E-state index is 10.2. The highest BCUT2D eigenvalue weighted by Gasteiger charge is 2.16. The SMILES string of the molecule is C/C(=N\N)c1c[nH]c(-c2ccc(C(C)(C)C)cc2)c1O. The highest BCUT2D eigenvalue weighted by atomic mass is 16.3. The van der Waals surface area contributed by atoms with Gasteiger partial charge < -0.3 is 15.9 Å². The zero-order chi connectivity index (χ0) is 14.9. The molecule has 0 unspecified atom stereocenters. The van der Waals surface area contributed by atoms with Crippen molar-refractivity contribution in [3.63, 3.8) is 0 Å². The van der Waals surface area contributed by atoms with Crippen molar-refractivity contribution >= 4 is 5.71 Å². The molecule has 0 aliphatic rings. The van der Waals surface area contributed by atoms with Crippen LogP contribution in [0.2, 0.25) is 0 Å². The molecule has 2 aromatic rings. The molecule has 0 atom stereocenters.